The SMILES string of the molecule is CCn1c(C)cc(C(=O)O[C@H](C)/C(O)=C(\C#N)c2nc3ccccc3[nH]2)c1C. The average Bonchev–Trinajstić information content (AvgIpc) is 3.22. The predicted octanol–water partition coefficient (Wildman–Crippen LogP) is 4.04. The van der Waals surface area contributed by atoms with Crippen LogP contribution >= 0.6 is 0 Å². The Balaban J connectivity index is 1.88. The second-order valence-electron chi connectivity index (χ2n) is 6.55. The van der Waals surface area contributed by atoms with Crippen molar-refractivity contribution >= 4 is 22.6 Å². The zero-order chi connectivity index (χ0) is 20.4. The molecule has 144 valence electrons. The number of carbonyl (C=O) groups excluding carboxylic acids is 1. The summed E-state index contributed by atoms with van der Waals surface area (Å²) >= 11 is 0. The van der Waals surface area contributed by atoms with Crippen LogP contribution in [0.5, 0.6) is 0 Å². The smallest absolute Gasteiger partial charge is 0.340 e. The minimum absolute atomic E-state index is 0.0597. The van der Waals surface area contributed by atoms with E-state index in [0.717, 1.165) is 23.4 Å². The number of nitriles is 1. The molecule has 7 heteroatoms. The first-order chi connectivity index (χ1) is 13.4. The van der Waals surface area contributed by atoms with Crippen molar-refractivity contribution in [1.82, 2.24) is 14.5 Å². The van der Waals surface area contributed by atoms with Crippen LogP contribution in [0, 0.1) is 25.2 Å². The molecule has 7 nitrogen and oxygen atoms in total. The molecule has 0 saturated carbocycles. The van der Waals surface area contributed by atoms with Gasteiger partial charge >= 0.3 is 5.97 Å². The van der Waals surface area contributed by atoms with Gasteiger partial charge in [-0.25, -0.2) is 9.78 Å². The van der Waals surface area contributed by atoms with Crippen LogP contribution in [0.2, 0.25) is 0 Å². The van der Waals surface area contributed by atoms with Gasteiger partial charge in [-0.05, 0) is 45.9 Å². The van der Waals surface area contributed by atoms with Crippen molar-refractivity contribution in [3.63, 3.8) is 0 Å². The number of nitrogens with one attached hydrogen (secondary N) is 1. The number of aliphatic hydroxyl groups excluding tert-OH is 1. The van der Waals surface area contributed by atoms with Crippen LogP contribution in [-0.2, 0) is 11.3 Å². The number of ether oxygens (including phenoxy) is 1. The lowest BCUT2D eigenvalue weighted by Gasteiger charge is -2.14. The molecule has 0 bridgehead atoms. The highest BCUT2D eigenvalue weighted by molar-refractivity contribution is 5.91. The molecule has 0 radical (unpaired) electrons. The number of aliphatic hydroxyl groups is 1. The lowest BCUT2D eigenvalue weighted by molar-refractivity contribution is 0.0333. The van der Waals surface area contributed by atoms with Gasteiger partial charge in [-0.15, -0.1) is 0 Å². The molecule has 28 heavy (non-hydrogen) atoms. The number of carbonyl (C=O) groups is 1. The normalized spacial score (nSPS) is 13.1. The average molecular weight is 378 g/mol. The molecule has 0 fully saturated rings. The van der Waals surface area contributed by atoms with Gasteiger partial charge in [0.05, 0.1) is 16.6 Å². The van der Waals surface area contributed by atoms with Gasteiger partial charge < -0.3 is 19.4 Å². The van der Waals surface area contributed by atoms with Crippen molar-refractivity contribution in [3.05, 3.63) is 58.9 Å². The number of aryl methyl sites for hydroxylation is 1. The number of H-pyrrole nitrogens is 1. The number of esters is 1. The highest BCUT2D eigenvalue weighted by atomic mass is 16.6. The summed E-state index contributed by atoms with van der Waals surface area (Å²) in [5.41, 5.74) is 3.57. The summed E-state index contributed by atoms with van der Waals surface area (Å²) in [6.45, 7) is 8.04. The van der Waals surface area contributed by atoms with E-state index in [9.17, 15) is 15.2 Å². The van der Waals surface area contributed by atoms with Crippen molar-refractivity contribution in [2.24, 2.45) is 0 Å². The largest absolute Gasteiger partial charge is 0.507 e. The maximum Gasteiger partial charge on any atom is 0.340 e. The van der Waals surface area contributed by atoms with Crippen molar-refractivity contribution in [2.75, 3.05) is 0 Å². The van der Waals surface area contributed by atoms with Gasteiger partial charge in [0, 0.05) is 17.9 Å². The summed E-state index contributed by atoms with van der Waals surface area (Å²) in [7, 11) is 0. The van der Waals surface area contributed by atoms with Crippen molar-refractivity contribution in [2.45, 2.75) is 40.3 Å². The molecule has 3 aromatic rings. The van der Waals surface area contributed by atoms with Crippen LogP contribution < -0.4 is 0 Å². The Bertz CT molecular complexity index is 1080. The number of para-hydroxylation sites is 2. The van der Waals surface area contributed by atoms with Crippen LogP contribution in [0.4, 0.5) is 0 Å². The first-order valence-electron chi connectivity index (χ1n) is 9.03. The fraction of sp³-hybridized carbons (Fsp3) is 0.286. The first-order valence-corrected chi connectivity index (χ1v) is 9.03. The van der Waals surface area contributed by atoms with Crippen LogP contribution in [0.3, 0.4) is 0 Å². The predicted molar refractivity (Wildman–Crippen MR) is 106 cm³/mol. The summed E-state index contributed by atoms with van der Waals surface area (Å²) in [5, 5.41) is 20.1. The minimum atomic E-state index is -1.000. The van der Waals surface area contributed by atoms with Gasteiger partial charge in [0.15, 0.2) is 17.7 Å². The zero-order valence-electron chi connectivity index (χ0n) is 16.3. The number of allylic oxidation sites excluding steroid dienone is 1. The molecule has 0 saturated heterocycles. The van der Waals surface area contributed by atoms with Crippen molar-refractivity contribution in [3.8, 4) is 6.07 Å². The van der Waals surface area contributed by atoms with Crippen molar-refractivity contribution in [1.29, 1.82) is 5.26 Å². The van der Waals surface area contributed by atoms with Gasteiger partial charge in [-0.1, -0.05) is 12.1 Å². The molecule has 1 atom stereocenters. The van der Waals surface area contributed by atoms with E-state index >= 15 is 0 Å². The number of hydrogen-bond donors (Lipinski definition) is 2. The maximum atomic E-state index is 12.6. The Hall–Kier alpha value is -3.53. The molecule has 0 unspecified atom stereocenters. The Morgan fingerprint density at radius 2 is 2.11 bits per heavy atom. The standard InChI is InChI=1S/C21H22N4O3/c1-5-25-12(2)10-15(13(25)3)21(27)28-14(4)19(26)16(11-22)20-23-17-8-6-7-9-18(17)24-20/h6-10,14,26H,5H2,1-4H3,(H,23,24)/b19-16-/t14-/m1/s1. The third-order valence-electron chi connectivity index (χ3n) is 4.77. The number of fused-ring (bicyclic) bond motifs is 1. The van der Waals surface area contributed by atoms with Crippen LogP contribution in [0.15, 0.2) is 36.1 Å². The number of hydrogen-bond acceptors (Lipinski definition) is 5. The van der Waals surface area contributed by atoms with E-state index < -0.39 is 12.1 Å². The Morgan fingerprint density at radius 3 is 2.71 bits per heavy atom. The van der Waals surface area contributed by atoms with E-state index in [2.05, 4.69) is 9.97 Å². The lowest BCUT2D eigenvalue weighted by Crippen LogP contribution is -2.19. The van der Waals surface area contributed by atoms with Crippen LogP contribution in [0.25, 0.3) is 16.6 Å². The third-order valence-corrected chi connectivity index (χ3v) is 4.77. The fourth-order valence-electron chi connectivity index (χ4n) is 3.28. The molecule has 0 aliphatic carbocycles. The zero-order valence-corrected chi connectivity index (χ0v) is 16.3. The number of nitrogens with zero attached hydrogens (tertiary/aromatic N) is 3. The Labute approximate surface area is 162 Å². The maximum absolute atomic E-state index is 12.6. The van der Waals surface area contributed by atoms with Gasteiger partial charge in [0.1, 0.15) is 11.6 Å². The van der Waals surface area contributed by atoms with E-state index in [1.807, 2.05) is 49.6 Å². The summed E-state index contributed by atoms with van der Waals surface area (Å²) < 4.78 is 7.42. The first kappa shape index (κ1) is 19.2. The van der Waals surface area contributed by atoms with Gasteiger partial charge in [0.25, 0.3) is 0 Å². The molecule has 3 rings (SSSR count). The number of aromatic nitrogens is 3. The molecular weight excluding hydrogens is 356 g/mol. The molecule has 0 amide bonds. The highest BCUT2D eigenvalue weighted by Gasteiger charge is 2.24. The fourth-order valence-corrected chi connectivity index (χ4v) is 3.28. The number of aromatic amines is 1. The summed E-state index contributed by atoms with van der Waals surface area (Å²) in [5.74, 6) is -0.666. The van der Waals surface area contributed by atoms with E-state index in [-0.39, 0.29) is 17.2 Å². The number of benzene rings is 1. The van der Waals surface area contributed by atoms with Crippen LogP contribution in [-0.4, -0.2) is 31.7 Å². The van der Waals surface area contributed by atoms with Crippen LogP contribution in [0.1, 0.15) is 41.4 Å². The number of imidazole rings is 1. The second kappa shape index (κ2) is 7.61. The lowest BCUT2D eigenvalue weighted by atomic mass is 10.1. The van der Waals surface area contributed by atoms with Gasteiger partial charge in [0.2, 0.25) is 0 Å². The van der Waals surface area contributed by atoms with E-state index in [1.54, 1.807) is 12.1 Å². The third kappa shape index (κ3) is 3.37. The molecule has 2 heterocycles. The molecule has 0 aliphatic heterocycles. The molecule has 0 spiro atoms. The quantitative estimate of drug-likeness (QED) is 0.396. The Kier molecular flexibility index (Phi) is 5.23. The minimum Gasteiger partial charge on any atom is -0.507 e. The molecule has 1 aromatic carbocycles. The van der Waals surface area contributed by atoms with E-state index in [4.69, 9.17) is 4.74 Å². The topological polar surface area (TPSA) is 104 Å². The second-order valence-corrected chi connectivity index (χ2v) is 6.55. The van der Waals surface area contributed by atoms with Gasteiger partial charge in [-0.3, -0.25) is 0 Å². The molecule has 0 aliphatic rings. The summed E-state index contributed by atoms with van der Waals surface area (Å²) in [4.78, 5) is 19.9. The molecular formula is C21H22N4O3. The highest BCUT2D eigenvalue weighted by Crippen LogP contribution is 2.23. The summed E-state index contributed by atoms with van der Waals surface area (Å²) in [6.07, 6.45) is -1.000. The molecule has 2 aromatic heterocycles. The summed E-state index contributed by atoms with van der Waals surface area (Å²) in [6, 6.07) is 11.0. The van der Waals surface area contributed by atoms with Gasteiger partial charge in [-0.2, -0.15) is 5.26 Å². The Morgan fingerprint density at radius 1 is 1.39 bits per heavy atom. The van der Waals surface area contributed by atoms with E-state index in [0.29, 0.717) is 11.1 Å². The monoisotopic (exact) mass is 378 g/mol. The number of rotatable bonds is 5. The molecule has 2 N–H and O–H groups in total. The van der Waals surface area contributed by atoms with E-state index in [1.165, 1.54) is 6.92 Å². The van der Waals surface area contributed by atoms with Crippen molar-refractivity contribution < 1.29 is 14.6 Å².